The maximum absolute atomic E-state index is 13.5. The highest BCUT2D eigenvalue weighted by Crippen LogP contribution is 2.63. The van der Waals surface area contributed by atoms with Gasteiger partial charge in [-0.05, 0) is 235 Å². The van der Waals surface area contributed by atoms with Gasteiger partial charge in [-0.25, -0.2) is 33.7 Å². The second-order valence-corrected chi connectivity index (χ2v) is 43.3. The van der Waals surface area contributed by atoms with Crippen LogP contribution in [0.4, 0.5) is 48.3 Å². The minimum Gasteiger partial charge on any atom is -0.748 e. The average Bonchev–Trinajstić information content (AvgIpc) is 0.881. The molecule has 14 nitrogen and oxygen atoms in total. The number of nitrogens with zero attached hydrogens (tertiary/aromatic N) is 1. The number of benzene rings is 8. The lowest BCUT2D eigenvalue weighted by Crippen LogP contribution is -2.64. The Hall–Kier alpha value is -6.75. The van der Waals surface area contributed by atoms with E-state index in [1.54, 1.807) is 4.90 Å². The second kappa shape index (κ2) is 36.5. The summed E-state index contributed by atoms with van der Waals surface area (Å²) in [6.45, 7) is 3.03. The minimum absolute atomic E-state index is 0.0146. The Bertz CT molecular complexity index is 4630. The number of fused-ring (bicyclic) bond motifs is 1. The number of hydrogen-bond donors (Lipinski definition) is 0. The molecule has 8 aromatic carbocycles. The van der Waals surface area contributed by atoms with Crippen molar-refractivity contribution in [2.45, 2.75) is 184 Å². The van der Waals surface area contributed by atoms with E-state index in [-0.39, 0.29) is 70.0 Å². The van der Waals surface area contributed by atoms with Gasteiger partial charge in [0.25, 0.3) is 6.10 Å². The molecule has 32 heteroatoms. The van der Waals surface area contributed by atoms with Crippen molar-refractivity contribution in [1.29, 1.82) is 0 Å². The van der Waals surface area contributed by atoms with Crippen molar-refractivity contribution in [2.75, 3.05) is 23.9 Å². The van der Waals surface area contributed by atoms with Gasteiger partial charge in [0.05, 0.1) is 43.9 Å². The van der Waals surface area contributed by atoms with Crippen molar-refractivity contribution >= 4 is 89.7 Å². The van der Waals surface area contributed by atoms with E-state index < -0.39 is 85.6 Å². The first-order valence-corrected chi connectivity index (χ1v) is 47.6. The number of esters is 1. The number of carbonyl (C=O) groups excluding carboxylic acids is 1. The summed E-state index contributed by atoms with van der Waals surface area (Å²) in [5.41, 5.74) is -1.06. The van der Waals surface area contributed by atoms with Gasteiger partial charge in [-0.2, -0.15) is 48.3 Å². The third-order valence-electron chi connectivity index (χ3n) is 22.1. The number of alkyl halides is 11. The van der Waals surface area contributed by atoms with Crippen LogP contribution in [-0.2, 0) is 82.5 Å². The predicted octanol–water partition coefficient (Wildman–Crippen LogP) is 20.2. The molecule has 0 aromatic heterocycles. The third kappa shape index (κ3) is 20.8. The molecule has 8 aliphatic carbocycles. The Morgan fingerprint density at radius 2 is 0.835 bits per heavy atom. The zero-order valence-electron chi connectivity index (χ0n) is 62.4. The van der Waals surface area contributed by atoms with Crippen molar-refractivity contribution in [3.8, 4) is 5.75 Å². The topological polar surface area (TPSA) is 232 Å². The van der Waals surface area contributed by atoms with E-state index in [1.807, 2.05) is 0 Å². The maximum Gasteiger partial charge on any atom is 0.432 e. The molecule has 622 valence electrons. The van der Waals surface area contributed by atoms with Crippen molar-refractivity contribution in [3.63, 3.8) is 0 Å². The SMILES string of the molecule is CCCCOc1ccc([S+]2CCCC2)c2ccccc12.O=C(OC(C(F)(F)F)C(F)(F)S(=O)(=O)[O-])C12CC3CC(CC(C3)C1)C2.O=S(=O)([O-])CCC12CC3CC(CC(C3)C1)C2.O=S1(=O)[N-]S(=O)(=O)C(F)(F)C(F)(F)C1(F)F.c1ccc([S+](c2ccccc2)c2ccccc2)cc1.c1ccc([S+](c2ccccc2)c2ccccc2)cc1. The fourth-order valence-corrected chi connectivity index (χ4v) is 28.3. The average molecular weight is 1740 g/mol. The summed E-state index contributed by atoms with van der Waals surface area (Å²) in [4.78, 5) is 22.1. The molecular formula is C83H88F11NO13S7. The Balaban J connectivity index is 0.000000137. The first-order valence-electron chi connectivity index (χ1n) is 37.7. The fraction of sp³-hybridized carbons (Fsp3) is 0.434. The Kier molecular flexibility index (Phi) is 28.2. The van der Waals surface area contributed by atoms with Crippen molar-refractivity contribution in [3.05, 3.63) is 223 Å². The highest BCUT2D eigenvalue weighted by atomic mass is 32.3. The molecule has 2 aliphatic heterocycles. The zero-order chi connectivity index (χ0) is 83.1. The van der Waals surface area contributed by atoms with Crippen LogP contribution in [0.15, 0.2) is 253 Å². The summed E-state index contributed by atoms with van der Waals surface area (Å²) in [6.07, 6.45) is 6.48. The summed E-state index contributed by atoms with van der Waals surface area (Å²) in [6, 6.07) is 77.6. The van der Waals surface area contributed by atoms with E-state index in [2.05, 4.69) is 230 Å². The fourth-order valence-electron chi connectivity index (χ4n) is 17.7. The molecule has 0 N–H and O–H groups in total. The largest absolute Gasteiger partial charge is 0.748 e. The highest BCUT2D eigenvalue weighted by Gasteiger charge is 2.82. The minimum atomic E-state index is -6.67. The molecule has 10 fully saturated rings. The molecule has 1 unspecified atom stereocenters. The van der Waals surface area contributed by atoms with E-state index in [0.29, 0.717) is 17.3 Å². The lowest BCUT2D eigenvalue weighted by Gasteiger charge is -2.57. The third-order valence-corrected chi connectivity index (χ3v) is 34.0. The molecule has 8 saturated carbocycles. The molecule has 2 heterocycles. The van der Waals surface area contributed by atoms with Crippen LogP contribution in [0.1, 0.15) is 116 Å². The number of ether oxygens (including phenoxy) is 2. The number of halogens is 11. The van der Waals surface area contributed by atoms with Crippen LogP contribution >= 0.6 is 0 Å². The van der Waals surface area contributed by atoms with Gasteiger partial charge < -0.3 is 22.7 Å². The smallest absolute Gasteiger partial charge is 0.432 e. The number of rotatable bonds is 18. The lowest BCUT2D eigenvalue weighted by molar-refractivity contribution is -0.266. The molecule has 18 rings (SSSR count). The number of hydrogen-bond acceptors (Lipinski definition) is 13. The Morgan fingerprint density at radius 1 is 0.504 bits per heavy atom. The monoisotopic (exact) mass is 1740 g/mol. The van der Waals surface area contributed by atoms with E-state index in [1.165, 1.54) is 109 Å². The molecule has 10 aliphatic rings. The lowest BCUT2D eigenvalue weighted by atomic mass is 9.49. The number of sulfonamides is 2. The van der Waals surface area contributed by atoms with Gasteiger partial charge in [0, 0.05) is 27.4 Å². The first-order chi connectivity index (χ1) is 54.2. The molecule has 1 atom stereocenters. The van der Waals surface area contributed by atoms with Crippen molar-refractivity contribution in [2.24, 2.45) is 46.3 Å². The summed E-state index contributed by atoms with van der Waals surface area (Å²) in [5, 5.41) is -15.7. The standard InChI is InChI=1S/C18H23OS.2C18H15S.C14H17F5O5S.C12H20O3S.C3F6NO4S2/c1-2-3-12-19-17-10-11-18(20-13-6-7-14-20)16-9-5-4-8-15(16)17;2*1-4-10-16(11-5-1)19(17-12-6-2-7-13-17)18-14-8-3-9-15-18;15-13(16,17)10(14(18,19)25(21,22)23)24-11(20)12-4-7-1-8(5-12)3-9(2-7)6-12;13-16(14,15)2-1-12-6-9-3-10(7-12)5-11(4-9)8-12;4-1(5)2(6,7)15(11,12)10-16(13,14)3(1,8)9/h4-5,8-11H,2-3,6-7,12-14H2,1H3;2*1-15H;7-10H,1-6H2,(H,21,22,23);9-11H,1-8H2,(H,13,14,15);/q3*+1;;;-1/p-2. The van der Waals surface area contributed by atoms with Gasteiger partial charge in [-0.15, -0.1) is 0 Å². The summed E-state index contributed by atoms with van der Waals surface area (Å²) < 4.78 is 257. The van der Waals surface area contributed by atoms with Gasteiger partial charge >= 0.3 is 33.8 Å². The first kappa shape index (κ1) is 89.0. The molecule has 8 bridgehead atoms. The molecule has 0 amide bonds. The molecule has 0 spiro atoms. The van der Waals surface area contributed by atoms with Crippen LogP contribution in [0.3, 0.4) is 0 Å². The molecule has 115 heavy (non-hydrogen) atoms. The van der Waals surface area contributed by atoms with Crippen LogP contribution in [0.25, 0.3) is 14.9 Å². The van der Waals surface area contributed by atoms with Gasteiger partial charge in [0.2, 0.25) is 0 Å². The van der Waals surface area contributed by atoms with Crippen LogP contribution < -0.4 is 4.74 Å². The molecule has 0 radical (unpaired) electrons. The van der Waals surface area contributed by atoms with Crippen molar-refractivity contribution < 1.29 is 105 Å². The maximum atomic E-state index is 13.5. The Morgan fingerprint density at radius 3 is 1.16 bits per heavy atom. The van der Waals surface area contributed by atoms with Gasteiger partial charge in [-0.3, -0.25) is 4.79 Å². The van der Waals surface area contributed by atoms with Crippen LogP contribution in [-0.4, -0.2) is 107 Å². The molecule has 2 saturated heterocycles. The normalized spacial score (nSPS) is 25.2. The van der Waals surface area contributed by atoms with E-state index in [9.17, 15) is 95.9 Å². The summed E-state index contributed by atoms with van der Waals surface area (Å²) >= 11 is 0. The summed E-state index contributed by atoms with van der Waals surface area (Å²) in [7, 11) is -23.4. The predicted molar refractivity (Wildman–Crippen MR) is 419 cm³/mol. The van der Waals surface area contributed by atoms with E-state index in [4.69, 9.17) is 4.74 Å². The van der Waals surface area contributed by atoms with Crippen molar-refractivity contribution in [1.82, 2.24) is 0 Å². The van der Waals surface area contributed by atoms with E-state index in [0.717, 1.165) is 59.9 Å². The molecular weight excluding hydrogens is 1650 g/mol. The van der Waals surface area contributed by atoms with Crippen LogP contribution in [0.2, 0.25) is 0 Å². The van der Waals surface area contributed by atoms with E-state index >= 15 is 0 Å². The second-order valence-electron chi connectivity index (χ2n) is 30.5. The van der Waals surface area contributed by atoms with Gasteiger partial charge in [-0.1, -0.05) is 141 Å². The highest BCUT2D eigenvalue weighted by molar-refractivity contribution is 8.13. The van der Waals surface area contributed by atoms with Crippen LogP contribution in [0, 0.1) is 46.3 Å². The summed E-state index contributed by atoms with van der Waals surface area (Å²) in [5.74, 6) is -1.51. The zero-order valence-corrected chi connectivity index (χ0v) is 68.2. The van der Waals surface area contributed by atoms with Crippen LogP contribution in [0.5, 0.6) is 5.75 Å². The Labute approximate surface area is 673 Å². The molecule has 8 aromatic rings. The quantitative estimate of drug-likeness (QED) is 0.0256. The number of carbonyl (C=O) groups is 1. The van der Waals surface area contributed by atoms with Gasteiger partial charge in [0.1, 0.15) is 17.3 Å². The number of unbranched alkanes of at least 4 members (excludes halogenated alkanes) is 1. The van der Waals surface area contributed by atoms with Gasteiger partial charge in [0.15, 0.2) is 64.4 Å².